The van der Waals surface area contributed by atoms with Crippen molar-refractivity contribution in [3.05, 3.63) is 91.8 Å². The molecule has 2 fully saturated rings. The highest BCUT2D eigenvalue weighted by Crippen LogP contribution is 2.40. The average Bonchev–Trinajstić information content (AvgIpc) is 3.75. The highest BCUT2D eigenvalue weighted by atomic mass is 35.5. The van der Waals surface area contributed by atoms with Crippen molar-refractivity contribution >= 4 is 64.0 Å². The maximum Gasteiger partial charge on any atom is 0.266 e. The van der Waals surface area contributed by atoms with Crippen LogP contribution in [0.1, 0.15) is 79.2 Å². The monoisotopic (exact) mass is 796 g/mol. The summed E-state index contributed by atoms with van der Waals surface area (Å²) in [5.41, 5.74) is 3.80. The van der Waals surface area contributed by atoms with Gasteiger partial charge in [0.15, 0.2) is 11.6 Å². The lowest BCUT2D eigenvalue weighted by molar-refractivity contribution is -0.136. The number of amides is 5. The molecule has 5 amide bonds. The van der Waals surface area contributed by atoms with Crippen LogP contribution in [0.2, 0.25) is 5.02 Å². The molecule has 0 spiro atoms. The van der Waals surface area contributed by atoms with Gasteiger partial charge >= 0.3 is 0 Å². The molecule has 2 atom stereocenters. The second kappa shape index (κ2) is 14.8. The summed E-state index contributed by atoms with van der Waals surface area (Å²) in [6, 6.07) is 10.3. The lowest BCUT2D eigenvalue weighted by atomic mass is 9.99. The lowest BCUT2D eigenvalue weighted by Crippen LogP contribution is -2.54. The third kappa shape index (κ3) is 6.71. The van der Waals surface area contributed by atoms with Crippen molar-refractivity contribution in [2.75, 3.05) is 39.3 Å². The van der Waals surface area contributed by atoms with Crippen LogP contribution in [0.5, 0.6) is 5.75 Å². The maximum atomic E-state index is 13.9. The summed E-state index contributed by atoms with van der Waals surface area (Å²) in [7, 11) is 0. The van der Waals surface area contributed by atoms with Crippen molar-refractivity contribution in [3.8, 4) is 10.8 Å². The molecule has 4 aliphatic heterocycles. The van der Waals surface area contributed by atoms with Crippen LogP contribution < -0.4 is 10.1 Å². The summed E-state index contributed by atoms with van der Waals surface area (Å²) in [5.74, 6) is -1.51. The van der Waals surface area contributed by atoms with Crippen molar-refractivity contribution in [2.24, 2.45) is 4.99 Å². The van der Waals surface area contributed by atoms with Crippen LogP contribution in [-0.4, -0.2) is 116 Å². The quantitative estimate of drug-likeness (QED) is 0.247. The van der Waals surface area contributed by atoms with E-state index >= 15 is 0 Å². The summed E-state index contributed by atoms with van der Waals surface area (Å²) in [6.07, 6.45) is 0.116. The predicted molar refractivity (Wildman–Crippen MR) is 205 cm³/mol. The molecule has 4 aliphatic rings. The lowest BCUT2D eigenvalue weighted by Gasteiger charge is -2.34. The smallest absolute Gasteiger partial charge is 0.266 e. The van der Waals surface area contributed by atoms with E-state index in [4.69, 9.17) is 21.3 Å². The van der Waals surface area contributed by atoms with Crippen molar-refractivity contribution in [2.45, 2.75) is 52.1 Å². The molecule has 8 rings (SSSR count). The van der Waals surface area contributed by atoms with E-state index in [1.54, 1.807) is 22.3 Å². The van der Waals surface area contributed by atoms with Crippen LogP contribution in [0.3, 0.4) is 0 Å². The number of nitrogens with zero attached hydrogens (tertiary/aromatic N) is 7. The first-order valence-corrected chi connectivity index (χ1v) is 19.4. The van der Waals surface area contributed by atoms with E-state index < -0.39 is 35.7 Å². The molecule has 6 heterocycles. The number of benzene rings is 2. The van der Waals surface area contributed by atoms with Crippen LogP contribution in [0, 0.1) is 20.8 Å². The topological polar surface area (TPSA) is 176 Å². The number of aromatic nitrogens is 3. The van der Waals surface area contributed by atoms with Gasteiger partial charge in [-0.2, -0.15) is 0 Å². The van der Waals surface area contributed by atoms with E-state index in [1.165, 1.54) is 12.1 Å². The highest BCUT2D eigenvalue weighted by molar-refractivity contribution is 7.15. The number of aliphatic imine (C=N–C) groups is 1. The van der Waals surface area contributed by atoms with E-state index in [9.17, 15) is 28.8 Å². The fourth-order valence-corrected chi connectivity index (χ4v) is 8.98. The third-order valence-electron chi connectivity index (χ3n) is 10.7. The Labute approximate surface area is 330 Å². The first kappa shape index (κ1) is 37.3. The average molecular weight is 797 g/mol. The number of piperazine rings is 1. The number of nitrogens with one attached hydrogen (secondary N) is 1. The number of aryl methyl sites for hydroxylation is 2. The van der Waals surface area contributed by atoms with Crippen molar-refractivity contribution in [1.82, 2.24) is 34.8 Å². The molecule has 0 bridgehead atoms. The number of carbonyl (C=O) groups is 6. The third-order valence-corrected chi connectivity index (χ3v) is 12.1. The SMILES string of the molecule is Cc1sc2c(c1C)C(c1ccc(Cl)cc1)=N[C@@H](CC(=O)N1CCN(CC(=O)COc3cccc4c3C(=O)N(C3CCC(=O)NC3=O)C4=O)CC1)c1nnc(C)n1-2. The number of hydrogen-bond acceptors (Lipinski definition) is 12. The van der Waals surface area contributed by atoms with Crippen LogP contribution in [0.15, 0.2) is 47.5 Å². The molecule has 0 aliphatic carbocycles. The maximum absolute atomic E-state index is 13.9. The molecule has 0 saturated carbocycles. The summed E-state index contributed by atoms with van der Waals surface area (Å²) < 4.78 is 7.80. The zero-order chi connectivity index (χ0) is 39.4. The molecule has 2 aromatic carbocycles. The Kier molecular flexibility index (Phi) is 9.88. The molecule has 17 heteroatoms. The highest BCUT2D eigenvalue weighted by Gasteiger charge is 2.46. The Morgan fingerprint density at radius 1 is 0.946 bits per heavy atom. The first-order valence-electron chi connectivity index (χ1n) is 18.2. The number of ether oxygens (including phenoxy) is 1. The predicted octanol–water partition coefficient (Wildman–Crippen LogP) is 3.38. The van der Waals surface area contributed by atoms with Gasteiger partial charge in [0.1, 0.15) is 35.3 Å². The minimum atomic E-state index is -1.11. The number of hydrogen-bond donors (Lipinski definition) is 1. The molecule has 4 aromatic rings. The Morgan fingerprint density at radius 3 is 2.43 bits per heavy atom. The minimum absolute atomic E-state index is 0.00479. The second-order valence-electron chi connectivity index (χ2n) is 14.2. The zero-order valence-electron chi connectivity index (χ0n) is 30.8. The van der Waals surface area contributed by atoms with Gasteiger partial charge in [-0.3, -0.25) is 53.4 Å². The Hall–Kier alpha value is -5.58. The van der Waals surface area contributed by atoms with Gasteiger partial charge in [0.05, 0.1) is 29.8 Å². The second-order valence-corrected chi connectivity index (χ2v) is 15.9. The molecule has 0 radical (unpaired) electrons. The number of ketones is 1. The number of imide groups is 2. The van der Waals surface area contributed by atoms with Crippen LogP contribution in [0.25, 0.3) is 5.00 Å². The number of rotatable bonds is 9. The van der Waals surface area contributed by atoms with Crippen LogP contribution >= 0.6 is 22.9 Å². The van der Waals surface area contributed by atoms with E-state index in [1.807, 2.05) is 40.7 Å². The summed E-state index contributed by atoms with van der Waals surface area (Å²) in [6.45, 7) is 7.49. The van der Waals surface area contributed by atoms with Gasteiger partial charge < -0.3 is 9.64 Å². The van der Waals surface area contributed by atoms with E-state index in [-0.39, 0.29) is 61.0 Å². The Bertz CT molecular complexity index is 2360. The molecule has 288 valence electrons. The van der Waals surface area contributed by atoms with E-state index in [0.717, 1.165) is 37.2 Å². The summed E-state index contributed by atoms with van der Waals surface area (Å²) in [5, 5.41) is 12.7. The molecular weight excluding hydrogens is 760 g/mol. The van der Waals surface area contributed by atoms with Crippen molar-refractivity contribution in [3.63, 3.8) is 0 Å². The largest absolute Gasteiger partial charge is 0.485 e. The van der Waals surface area contributed by atoms with Gasteiger partial charge in [-0.25, -0.2) is 0 Å². The fourth-order valence-electron chi connectivity index (χ4n) is 7.64. The summed E-state index contributed by atoms with van der Waals surface area (Å²) in [4.78, 5) is 88.5. The Balaban J connectivity index is 0.904. The van der Waals surface area contributed by atoms with Crippen LogP contribution in [0.4, 0.5) is 0 Å². The van der Waals surface area contributed by atoms with Gasteiger partial charge in [-0.1, -0.05) is 29.8 Å². The number of carbonyl (C=O) groups excluding carboxylic acids is 6. The zero-order valence-corrected chi connectivity index (χ0v) is 32.4. The van der Waals surface area contributed by atoms with E-state index in [2.05, 4.69) is 29.4 Å². The molecule has 2 saturated heterocycles. The number of Topliss-reactive ketones (excluding diaryl/α,β-unsaturated/α-hetero) is 1. The first-order chi connectivity index (χ1) is 26.9. The van der Waals surface area contributed by atoms with Gasteiger partial charge in [0, 0.05) is 53.6 Å². The van der Waals surface area contributed by atoms with Gasteiger partial charge in [-0.15, -0.1) is 21.5 Å². The fraction of sp³-hybridized carbons (Fsp3) is 0.359. The number of piperidine rings is 1. The molecular formula is C39H37ClN8O7S. The number of thiophene rings is 1. The minimum Gasteiger partial charge on any atom is -0.485 e. The number of fused-ring (bicyclic) bond motifs is 4. The van der Waals surface area contributed by atoms with Crippen LogP contribution in [-0.2, 0) is 19.2 Å². The standard InChI is InChI=1S/C39H37ClN8O7S/c1-20-21(2)56-39-32(20)34(23-7-9-24(40)10-8-23)41-27(35-44-43-22(3)47(35)39)17-31(51)46-15-13-45(14-16-46)18-25(49)19-55-29-6-4-5-26-33(29)38(54)48(37(26)53)28-11-12-30(50)42-36(28)52/h4-10,27-28H,11-19H2,1-3H3,(H,42,50,52)/t27-,28?/m0/s1. The normalized spacial score (nSPS) is 19.6. The molecule has 1 N–H and O–H groups in total. The molecule has 1 unspecified atom stereocenters. The van der Waals surface area contributed by atoms with Gasteiger partial charge in [0.2, 0.25) is 17.7 Å². The van der Waals surface area contributed by atoms with Crippen molar-refractivity contribution in [1.29, 1.82) is 0 Å². The molecule has 56 heavy (non-hydrogen) atoms. The molecule has 2 aromatic heterocycles. The van der Waals surface area contributed by atoms with Crippen molar-refractivity contribution < 1.29 is 33.5 Å². The number of halogens is 1. The van der Waals surface area contributed by atoms with Gasteiger partial charge in [-0.05, 0) is 57.0 Å². The summed E-state index contributed by atoms with van der Waals surface area (Å²) >= 11 is 7.89. The van der Waals surface area contributed by atoms with E-state index in [0.29, 0.717) is 42.9 Å². The van der Waals surface area contributed by atoms with Gasteiger partial charge in [0.25, 0.3) is 11.8 Å². The molecule has 15 nitrogen and oxygen atoms in total. The Morgan fingerprint density at radius 2 is 1.70 bits per heavy atom.